The Labute approximate surface area is 202 Å². The van der Waals surface area contributed by atoms with Crippen LogP contribution >= 0.6 is 0 Å². The molecule has 3 aromatic heterocycles. The van der Waals surface area contributed by atoms with Crippen LogP contribution in [0.3, 0.4) is 0 Å². The van der Waals surface area contributed by atoms with Gasteiger partial charge >= 0.3 is 0 Å². The molecule has 0 aliphatic rings. The molecule has 0 unspecified atom stereocenters. The summed E-state index contributed by atoms with van der Waals surface area (Å²) in [5, 5.41) is 1.05. The summed E-state index contributed by atoms with van der Waals surface area (Å²) in [4.78, 5) is 20.7. The number of fused-ring (bicyclic) bond motifs is 1. The van der Waals surface area contributed by atoms with E-state index >= 15 is 0 Å². The summed E-state index contributed by atoms with van der Waals surface area (Å²) >= 11 is 0. The first-order chi connectivity index (χ1) is 17.3. The lowest BCUT2D eigenvalue weighted by Crippen LogP contribution is -2.21. The third-order valence-electron chi connectivity index (χ3n) is 6.31. The zero-order valence-electron chi connectivity index (χ0n) is 19.0. The molecule has 0 amide bonds. The van der Waals surface area contributed by atoms with Crippen molar-refractivity contribution in [3.05, 3.63) is 148 Å². The van der Waals surface area contributed by atoms with E-state index in [1.165, 1.54) is 11.1 Å². The predicted molar refractivity (Wildman–Crippen MR) is 137 cm³/mol. The molecule has 5 nitrogen and oxygen atoms in total. The normalized spacial score (nSPS) is 11.3. The van der Waals surface area contributed by atoms with Crippen LogP contribution in [0.2, 0.25) is 0 Å². The average molecular weight is 458 g/mol. The lowest BCUT2D eigenvalue weighted by molar-refractivity contribution is 0.571. The van der Waals surface area contributed by atoms with E-state index in [9.17, 15) is 4.79 Å². The Kier molecular flexibility index (Phi) is 5.35. The summed E-state index contributed by atoms with van der Waals surface area (Å²) < 4.78 is 7.52. The summed E-state index contributed by atoms with van der Waals surface area (Å²) in [5.74, 6) is 0.559. The van der Waals surface area contributed by atoms with Crippen LogP contribution in [-0.4, -0.2) is 14.5 Å². The van der Waals surface area contributed by atoms with Crippen molar-refractivity contribution in [3.63, 3.8) is 0 Å². The highest BCUT2D eigenvalue weighted by Gasteiger charge is 2.18. The van der Waals surface area contributed by atoms with Crippen molar-refractivity contribution in [2.24, 2.45) is 0 Å². The minimum atomic E-state index is -0.0779. The standard InChI is InChI=1S/C30H23N3O2/c34-28-15-14-23(29(21-8-3-1-4-9-21)22-10-5-2-6-11-22)18-33(28)19-24-20-35-30(32-24)26-12-7-13-27-25(26)16-17-31-27/h1-18,20,29,31H,19H2. The van der Waals surface area contributed by atoms with Crippen molar-refractivity contribution >= 4 is 10.9 Å². The van der Waals surface area contributed by atoms with E-state index in [2.05, 4.69) is 29.2 Å². The van der Waals surface area contributed by atoms with Gasteiger partial charge in [-0.05, 0) is 34.9 Å². The third-order valence-corrected chi connectivity index (χ3v) is 6.31. The number of benzene rings is 3. The molecule has 0 atom stereocenters. The van der Waals surface area contributed by atoms with Crippen LogP contribution in [0.4, 0.5) is 0 Å². The van der Waals surface area contributed by atoms with Crippen LogP contribution in [0.1, 0.15) is 28.3 Å². The SMILES string of the molecule is O=c1ccc(C(c2ccccc2)c2ccccc2)cn1Cc1coc(-c2cccc3[nH]ccc23)n1. The maximum absolute atomic E-state index is 12.8. The van der Waals surface area contributed by atoms with Gasteiger partial charge in [-0.1, -0.05) is 72.8 Å². The molecule has 35 heavy (non-hydrogen) atoms. The maximum Gasteiger partial charge on any atom is 0.250 e. The molecule has 0 fully saturated rings. The number of hydrogen-bond donors (Lipinski definition) is 1. The Morgan fingerprint density at radius 3 is 2.29 bits per heavy atom. The van der Waals surface area contributed by atoms with E-state index in [0.29, 0.717) is 18.1 Å². The molecule has 3 aromatic carbocycles. The van der Waals surface area contributed by atoms with E-state index in [0.717, 1.165) is 22.0 Å². The Bertz CT molecular complexity index is 1610. The van der Waals surface area contributed by atoms with E-state index in [1.54, 1.807) is 16.9 Å². The van der Waals surface area contributed by atoms with Gasteiger partial charge in [-0.2, -0.15) is 0 Å². The number of aromatic nitrogens is 3. The summed E-state index contributed by atoms with van der Waals surface area (Å²) in [6, 6.07) is 32.3. The second kappa shape index (κ2) is 8.95. The average Bonchev–Trinajstić information content (AvgIpc) is 3.57. The van der Waals surface area contributed by atoms with Gasteiger partial charge in [-0.15, -0.1) is 0 Å². The summed E-state index contributed by atoms with van der Waals surface area (Å²) in [6.07, 6.45) is 5.47. The highest BCUT2D eigenvalue weighted by atomic mass is 16.3. The molecule has 1 N–H and O–H groups in total. The van der Waals surface area contributed by atoms with Gasteiger partial charge in [0.15, 0.2) is 0 Å². The molecule has 0 saturated heterocycles. The monoisotopic (exact) mass is 457 g/mol. The van der Waals surface area contributed by atoms with Gasteiger partial charge in [0.2, 0.25) is 5.89 Å². The number of H-pyrrole nitrogens is 1. The molecule has 5 heteroatoms. The number of nitrogens with one attached hydrogen (secondary N) is 1. The van der Waals surface area contributed by atoms with Crippen molar-refractivity contribution in [2.75, 3.05) is 0 Å². The van der Waals surface area contributed by atoms with Crippen molar-refractivity contribution in [3.8, 4) is 11.5 Å². The van der Waals surface area contributed by atoms with Crippen molar-refractivity contribution in [1.82, 2.24) is 14.5 Å². The van der Waals surface area contributed by atoms with Crippen molar-refractivity contribution < 1.29 is 4.42 Å². The highest BCUT2D eigenvalue weighted by molar-refractivity contribution is 5.92. The summed E-state index contributed by atoms with van der Waals surface area (Å²) in [6.45, 7) is 0.329. The molecule has 0 aliphatic heterocycles. The Morgan fingerprint density at radius 2 is 1.54 bits per heavy atom. The summed E-state index contributed by atoms with van der Waals surface area (Å²) in [5.41, 5.74) is 5.96. The smallest absolute Gasteiger partial charge is 0.250 e. The lowest BCUT2D eigenvalue weighted by Gasteiger charge is -2.19. The van der Waals surface area contributed by atoms with Gasteiger partial charge in [0.05, 0.1) is 12.2 Å². The highest BCUT2D eigenvalue weighted by Crippen LogP contribution is 2.31. The molecular formula is C30H23N3O2. The minimum Gasteiger partial charge on any atom is -0.444 e. The van der Waals surface area contributed by atoms with E-state index in [-0.39, 0.29) is 11.5 Å². The minimum absolute atomic E-state index is 0.0170. The van der Waals surface area contributed by atoms with Crippen LogP contribution < -0.4 is 5.56 Å². The largest absolute Gasteiger partial charge is 0.444 e. The molecule has 0 radical (unpaired) electrons. The van der Waals surface area contributed by atoms with Crippen molar-refractivity contribution in [2.45, 2.75) is 12.5 Å². The molecular weight excluding hydrogens is 434 g/mol. The van der Waals surface area contributed by atoms with Gasteiger partial charge in [-0.3, -0.25) is 4.79 Å². The van der Waals surface area contributed by atoms with Gasteiger partial charge in [-0.25, -0.2) is 4.98 Å². The fraction of sp³-hybridized carbons (Fsp3) is 0.0667. The number of rotatable bonds is 6. The molecule has 170 valence electrons. The topological polar surface area (TPSA) is 63.8 Å². The van der Waals surface area contributed by atoms with Crippen LogP contribution in [0, 0.1) is 0 Å². The molecule has 0 saturated carbocycles. The molecule has 0 aliphatic carbocycles. The van der Waals surface area contributed by atoms with E-state index in [1.807, 2.05) is 79.1 Å². The molecule has 0 bridgehead atoms. The van der Waals surface area contributed by atoms with Crippen molar-refractivity contribution in [1.29, 1.82) is 0 Å². The lowest BCUT2D eigenvalue weighted by atomic mass is 9.86. The van der Waals surface area contributed by atoms with Crippen LogP contribution in [0.25, 0.3) is 22.4 Å². The van der Waals surface area contributed by atoms with Crippen LogP contribution in [-0.2, 0) is 6.54 Å². The Morgan fingerprint density at radius 1 is 0.800 bits per heavy atom. The summed E-state index contributed by atoms with van der Waals surface area (Å²) in [7, 11) is 0. The van der Waals surface area contributed by atoms with Gasteiger partial charge in [0.25, 0.3) is 5.56 Å². The molecule has 0 spiro atoms. The Balaban J connectivity index is 1.36. The third kappa shape index (κ3) is 4.08. The Hall–Kier alpha value is -4.64. The van der Waals surface area contributed by atoms with Gasteiger partial charge in [0, 0.05) is 40.8 Å². The van der Waals surface area contributed by atoms with Crippen LogP contribution in [0.5, 0.6) is 0 Å². The number of hydrogen-bond acceptors (Lipinski definition) is 3. The first kappa shape index (κ1) is 20.9. The predicted octanol–water partition coefficient (Wildman–Crippen LogP) is 6.21. The van der Waals surface area contributed by atoms with Crippen LogP contribution in [0.15, 0.2) is 125 Å². The van der Waals surface area contributed by atoms with Gasteiger partial charge < -0.3 is 14.0 Å². The first-order valence-electron chi connectivity index (χ1n) is 11.6. The second-order valence-electron chi connectivity index (χ2n) is 8.57. The number of aromatic amines is 1. The van der Waals surface area contributed by atoms with Gasteiger partial charge in [0.1, 0.15) is 6.26 Å². The molecule has 6 rings (SSSR count). The maximum atomic E-state index is 12.8. The number of pyridine rings is 1. The fourth-order valence-corrected chi connectivity index (χ4v) is 4.66. The van der Waals surface area contributed by atoms with E-state index < -0.39 is 0 Å². The number of nitrogens with zero attached hydrogens (tertiary/aromatic N) is 2. The number of oxazole rings is 1. The molecule has 6 aromatic rings. The zero-order valence-corrected chi connectivity index (χ0v) is 19.0. The van der Waals surface area contributed by atoms with E-state index in [4.69, 9.17) is 9.40 Å². The zero-order chi connectivity index (χ0) is 23.6. The fourth-order valence-electron chi connectivity index (χ4n) is 4.66. The first-order valence-corrected chi connectivity index (χ1v) is 11.6. The second-order valence-corrected chi connectivity index (χ2v) is 8.57. The quantitative estimate of drug-likeness (QED) is 0.323. The molecule has 3 heterocycles.